The van der Waals surface area contributed by atoms with Gasteiger partial charge in [-0.15, -0.1) is 0 Å². The van der Waals surface area contributed by atoms with E-state index in [1.165, 1.54) is 38.8 Å². The first-order valence-electron chi connectivity index (χ1n) is 10.2. The van der Waals surface area contributed by atoms with Gasteiger partial charge in [-0.05, 0) is 51.1 Å². The smallest absolute Gasteiger partial charge is 0.227 e. The molecule has 2 saturated heterocycles. The van der Waals surface area contributed by atoms with Gasteiger partial charge in [0, 0.05) is 52.1 Å². The number of hydrogen-bond acceptors (Lipinski definition) is 6. The van der Waals surface area contributed by atoms with E-state index in [9.17, 15) is 0 Å². The monoisotopic (exact) mass is 361 g/mol. The van der Waals surface area contributed by atoms with Crippen LogP contribution in [0, 0.1) is 5.92 Å². The van der Waals surface area contributed by atoms with Crippen LogP contribution in [0.4, 0.5) is 11.8 Å². The van der Waals surface area contributed by atoms with Gasteiger partial charge in [-0.25, -0.2) is 4.98 Å². The third kappa shape index (κ3) is 5.07. The highest BCUT2D eigenvalue weighted by molar-refractivity contribution is 5.46. The number of aryl methyl sites for hydroxylation is 1. The van der Waals surface area contributed by atoms with E-state index in [0.717, 1.165) is 62.6 Å². The molecule has 1 aromatic rings. The first-order chi connectivity index (χ1) is 12.7. The second-order valence-electron chi connectivity index (χ2n) is 7.72. The Balaban J connectivity index is 1.59. The zero-order chi connectivity index (χ0) is 18.4. The van der Waals surface area contributed by atoms with Crippen molar-refractivity contribution in [3.63, 3.8) is 0 Å². The quantitative estimate of drug-likeness (QED) is 0.709. The fraction of sp³-hybridized carbons (Fsp3) is 0.800. The summed E-state index contributed by atoms with van der Waals surface area (Å²) in [5.74, 6) is 2.76. The van der Waals surface area contributed by atoms with E-state index < -0.39 is 0 Å². The molecule has 0 radical (unpaired) electrons. The molecule has 0 amide bonds. The molecular weight excluding hydrogens is 326 g/mol. The van der Waals surface area contributed by atoms with E-state index in [2.05, 4.69) is 34.7 Å². The Kier molecular flexibility index (Phi) is 7.08. The SMILES string of the molecule is CCc1cc(N(C)CC2CCN(CCOC)CC2)nc(N2CCCC2)n1. The minimum atomic E-state index is 0.745. The summed E-state index contributed by atoms with van der Waals surface area (Å²) in [4.78, 5) is 16.9. The van der Waals surface area contributed by atoms with Crippen LogP contribution >= 0.6 is 0 Å². The van der Waals surface area contributed by atoms with Gasteiger partial charge in [0.05, 0.1) is 6.61 Å². The predicted molar refractivity (Wildman–Crippen MR) is 107 cm³/mol. The van der Waals surface area contributed by atoms with Crippen molar-refractivity contribution in [1.82, 2.24) is 14.9 Å². The molecule has 0 aromatic carbocycles. The second kappa shape index (κ2) is 9.51. The standard InChI is InChI=1S/C20H35N5O/c1-4-18-15-19(22-20(21-18)25-9-5-6-10-25)23(2)16-17-7-11-24(12-8-17)13-14-26-3/h15,17H,4-14,16H2,1-3H3. The van der Waals surface area contributed by atoms with Gasteiger partial charge in [0.1, 0.15) is 5.82 Å². The van der Waals surface area contributed by atoms with Gasteiger partial charge in [0.2, 0.25) is 5.95 Å². The van der Waals surface area contributed by atoms with Crippen molar-refractivity contribution >= 4 is 11.8 Å². The number of piperidine rings is 1. The lowest BCUT2D eigenvalue weighted by Gasteiger charge is -2.34. The number of likely N-dealkylation sites (tertiary alicyclic amines) is 1. The number of ether oxygens (including phenoxy) is 1. The molecule has 0 spiro atoms. The van der Waals surface area contributed by atoms with E-state index in [1.807, 2.05) is 0 Å². The minimum Gasteiger partial charge on any atom is -0.383 e. The van der Waals surface area contributed by atoms with Crippen molar-refractivity contribution in [2.24, 2.45) is 5.92 Å². The molecule has 2 aliphatic rings. The fourth-order valence-electron chi connectivity index (χ4n) is 4.00. The molecule has 0 unspecified atom stereocenters. The zero-order valence-corrected chi connectivity index (χ0v) is 16.8. The van der Waals surface area contributed by atoms with E-state index in [4.69, 9.17) is 14.7 Å². The summed E-state index contributed by atoms with van der Waals surface area (Å²) in [5, 5.41) is 0. The van der Waals surface area contributed by atoms with Gasteiger partial charge >= 0.3 is 0 Å². The maximum absolute atomic E-state index is 5.20. The first kappa shape index (κ1) is 19.4. The summed E-state index contributed by atoms with van der Waals surface area (Å²) >= 11 is 0. The normalized spacial score (nSPS) is 19.3. The summed E-state index contributed by atoms with van der Waals surface area (Å²) < 4.78 is 5.20. The number of hydrogen-bond donors (Lipinski definition) is 0. The molecule has 146 valence electrons. The van der Waals surface area contributed by atoms with Gasteiger partial charge in [0.15, 0.2) is 0 Å². The third-order valence-electron chi connectivity index (χ3n) is 5.75. The zero-order valence-electron chi connectivity index (χ0n) is 16.8. The van der Waals surface area contributed by atoms with Crippen molar-refractivity contribution in [2.45, 2.75) is 39.0 Å². The molecule has 3 heterocycles. The maximum Gasteiger partial charge on any atom is 0.227 e. The van der Waals surface area contributed by atoms with E-state index in [0.29, 0.717) is 0 Å². The molecule has 2 aliphatic heterocycles. The number of nitrogens with zero attached hydrogens (tertiary/aromatic N) is 5. The number of methoxy groups -OCH3 is 1. The van der Waals surface area contributed by atoms with Crippen molar-refractivity contribution in [1.29, 1.82) is 0 Å². The topological polar surface area (TPSA) is 44.7 Å². The Hall–Kier alpha value is -1.40. The molecule has 6 nitrogen and oxygen atoms in total. The van der Waals surface area contributed by atoms with Crippen LogP contribution in [0.5, 0.6) is 0 Å². The summed E-state index contributed by atoms with van der Waals surface area (Å²) in [5.41, 5.74) is 1.15. The molecule has 1 aromatic heterocycles. The van der Waals surface area contributed by atoms with Gasteiger partial charge in [-0.2, -0.15) is 4.98 Å². The Labute approximate surface area is 158 Å². The van der Waals surface area contributed by atoms with Crippen LogP contribution in [0.3, 0.4) is 0 Å². The Morgan fingerprint density at radius 3 is 2.54 bits per heavy atom. The fourth-order valence-corrected chi connectivity index (χ4v) is 4.00. The first-order valence-corrected chi connectivity index (χ1v) is 10.2. The van der Waals surface area contributed by atoms with Crippen molar-refractivity contribution in [2.75, 3.05) is 69.8 Å². The molecule has 3 rings (SSSR count). The summed E-state index contributed by atoms with van der Waals surface area (Å²) in [6.45, 7) is 9.71. The van der Waals surface area contributed by atoms with Crippen LogP contribution in [0.25, 0.3) is 0 Å². The minimum absolute atomic E-state index is 0.745. The molecule has 0 aliphatic carbocycles. The van der Waals surface area contributed by atoms with E-state index in [1.54, 1.807) is 7.11 Å². The second-order valence-corrected chi connectivity index (χ2v) is 7.72. The molecule has 0 atom stereocenters. The molecule has 0 saturated carbocycles. The highest BCUT2D eigenvalue weighted by atomic mass is 16.5. The van der Waals surface area contributed by atoms with E-state index in [-0.39, 0.29) is 0 Å². The Morgan fingerprint density at radius 2 is 1.88 bits per heavy atom. The van der Waals surface area contributed by atoms with Gasteiger partial charge in [-0.3, -0.25) is 0 Å². The van der Waals surface area contributed by atoms with Crippen LogP contribution in [0.2, 0.25) is 0 Å². The van der Waals surface area contributed by atoms with Gasteiger partial charge in [-0.1, -0.05) is 6.92 Å². The highest BCUT2D eigenvalue weighted by Gasteiger charge is 2.22. The van der Waals surface area contributed by atoms with Crippen molar-refractivity contribution in [3.05, 3.63) is 11.8 Å². The average Bonchev–Trinajstić information content (AvgIpc) is 3.22. The number of rotatable bonds is 8. The molecule has 26 heavy (non-hydrogen) atoms. The Bertz CT molecular complexity index is 553. The van der Waals surface area contributed by atoms with Crippen molar-refractivity contribution in [3.8, 4) is 0 Å². The van der Waals surface area contributed by atoms with Gasteiger partial charge in [0.25, 0.3) is 0 Å². The third-order valence-corrected chi connectivity index (χ3v) is 5.75. The lowest BCUT2D eigenvalue weighted by atomic mass is 9.96. The highest BCUT2D eigenvalue weighted by Crippen LogP contribution is 2.23. The maximum atomic E-state index is 5.20. The predicted octanol–water partition coefficient (Wildman–Crippen LogP) is 2.43. The number of aromatic nitrogens is 2. The summed E-state index contributed by atoms with van der Waals surface area (Å²) in [6.07, 6.45) is 6.00. The van der Waals surface area contributed by atoms with Gasteiger partial charge < -0.3 is 19.4 Å². The van der Waals surface area contributed by atoms with Crippen LogP contribution in [0.15, 0.2) is 6.07 Å². The van der Waals surface area contributed by atoms with E-state index >= 15 is 0 Å². The average molecular weight is 362 g/mol. The van der Waals surface area contributed by atoms with Crippen LogP contribution < -0.4 is 9.80 Å². The molecule has 6 heteroatoms. The lowest BCUT2D eigenvalue weighted by Crippen LogP contribution is -2.39. The molecular formula is C20H35N5O. The lowest BCUT2D eigenvalue weighted by molar-refractivity contribution is 0.121. The van der Waals surface area contributed by atoms with Crippen molar-refractivity contribution < 1.29 is 4.74 Å². The molecule has 0 N–H and O–H groups in total. The summed E-state index contributed by atoms with van der Waals surface area (Å²) in [7, 11) is 3.97. The number of anilines is 2. The molecule has 0 bridgehead atoms. The van der Waals surface area contributed by atoms with Crippen LogP contribution in [-0.4, -0.2) is 74.9 Å². The van der Waals surface area contributed by atoms with Crippen LogP contribution in [0.1, 0.15) is 38.3 Å². The Morgan fingerprint density at radius 1 is 1.15 bits per heavy atom. The largest absolute Gasteiger partial charge is 0.383 e. The molecule has 2 fully saturated rings. The summed E-state index contributed by atoms with van der Waals surface area (Å²) in [6, 6.07) is 2.17. The van der Waals surface area contributed by atoms with Crippen LogP contribution in [-0.2, 0) is 11.2 Å².